The lowest BCUT2D eigenvalue weighted by atomic mass is 9.93. The fraction of sp³-hybridized carbons (Fsp3) is 0.417. The molecule has 5 rings (SSSR count). The van der Waals surface area contributed by atoms with Gasteiger partial charge in [0.05, 0.1) is 0 Å². The first-order chi connectivity index (χ1) is 13.5. The summed E-state index contributed by atoms with van der Waals surface area (Å²) in [4.78, 5) is 4.97. The van der Waals surface area contributed by atoms with Crippen molar-refractivity contribution in [2.45, 2.75) is 30.8 Å². The van der Waals surface area contributed by atoms with Crippen LogP contribution in [0.25, 0.3) is 10.9 Å². The van der Waals surface area contributed by atoms with Gasteiger partial charge in [0, 0.05) is 55.2 Å². The van der Waals surface area contributed by atoms with E-state index in [1.54, 1.807) is 12.1 Å². The molecule has 28 heavy (non-hydrogen) atoms. The maximum Gasteiger partial charge on any atom is 0.123 e. The Bertz CT molecular complexity index is 1020. The standard InChI is InChI=1S/C24H28FN3/c1-26(2)24-15-28(23-11-9-16-8-10-17(25)12-19(16)23)14-21(24)20-13-27(3)22-7-5-4-6-18(20)22/h4-8,10,12-13,21,23-24H,9,11,14-15H2,1-3H3/t21-,23?,24+/m1/s1. The number of likely N-dealkylation sites (N-methyl/N-ethyl adjacent to an activating group) is 1. The van der Waals surface area contributed by atoms with Crippen molar-refractivity contribution in [2.24, 2.45) is 7.05 Å². The number of hydrogen-bond acceptors (Lipinski definition) is 2. The lowest BCUT2D eigenvalue weighted by Gasteiger charge is -2.26. The predicted molar refractivity (Wildman–Crippen MR) is 112 cm³/mol. The first-order valence-electron chi connectivity index (χ1n) is 10.3. The van der Waals surface area contributed by atoms with Crippen molar-refractivity contribution in [2.75, 3.05) is 27.2 Å². The van der Waals surface area contributed by atoms with Crippen LogP contribution in [0.5, 0.6) is 0 Å². The van der Waals surface area contributed by atoms with Gasteiger partial charge in [-0.25, -0.2) is 4.39 Å². The second-order valence-electron chi connectivity index (χ2n) is 8.70. The molecule has 0 N–H and O–H groups in total. The van der Waals surface area contributed by atoms with E-state index in [9.17, 15) is 4.39 Å². The van der Waals surface area contributed by atoms with Gasteiger partial charge in [-0.3, -0.25) is 4.90 Å². The summed E-state index contributed by atoms with van der Waals surface area (Å²) in [5.74, 6) is 0.346. The molecule has 2 heterocycles. The van der Waals surface area contributed by atoms with Gasteiger partial charge >= 0.3 is 0 Å². The number of nitrogens with zero attached hydrogens (tertiary/aromatic N) is 3. The molecule has 1 unspecified atom stereocenters. The van der Waals surface area contributed by atoms with Gasteiger partial charge in [0.1, 0.15) is 5.82 Å². The molecule has 0 radical (unpaired) electrons. The predicted octanol–water partition coefficient (Wildman–Crippen LogP) is 4.33. The third-order valence-electron chi connectivity index (χ3n) is 6.90. The largest absolute Gasteiger partial charge is 0.350 e. The van der Waals surface area contributed by atoms with Crippen LogP contribution in [0.15, 0.2) is 48.7 Å². The Morgan fingerprint density at radius 1 is 1.04 bits per heavy atom. The summed E-state index contributed by atoms with van der Waals surface area (Å²) < 4.78 is 16.2. The Kier molecular flexibility index (Phi) is 4.29. The van der Waals surface area contributed by atoms with Crippen LogP contribution in [0.2, 0.25) is 0 Å². The minimum atomic E-state index is -0.111. The van der Waals surface area contributed by atoms with Crippen LogP contribution in [0.1, 0.15) is 35.1 Å². The highest BCUT2D eigenvalue weighted by Gasteiger charge is 2.41. The molecule has 146 valence electrons. The number of aryl methyl sites for hydroxylation is 2. The Morgan fingerprint density at radius 3 is 2.68 bits per heavy atom. The van der Waals surface area contributed by atoms with Crippen molar-refractivity contribution in [3.05, 3.63) is 71.2 Å². The Balaban J connectivity index is 1.51. The molecule has 0 saturated carbocycles. The van der Waals surface area contributed by atoms with Crippen molar-refractivity contribution < 1.29 is 4.39 Å². The monoisotopic (exact) mass is 377 g/mol. The van der Waals surface area contributed by atoms with Gasteiger partial charge in [-0.1, -0.05) is 24.3 Å². The zero-order valence-electron chi connectivity index (χ0n) is 16.9. The number of fused-ring (bicyclic) bond motifs is 2. The van der Waals surface area contributed by atoms with Crippen molar-refractivity contribution in [3.63, 3.8) is 0 Å². The molecular weight excluding hydrogens is 349 g/mol. The van der Waals surface area contributed by atoms with E-state index in [1.807, 2.05) is 6.07 Å². The number of aromatic nitrogens is 1. The number of para-hydroxylation sites is 1. The average molecular weight is 378 g/mol. The van der Waals surface area contributed by atoms with Gasteiger partial charge in [-0.15, -0.1) is 0 Å². The molecule has 3 nitrogen and oxygen atoms in total. The van der Waals surface area contributed by atoms with Crippen molar-refractivity contribution >= 4 is 10.9 Å². The molecule has 4 heteroatoms. The van der Waals surface area contributed by atoms with Gasteiger partial charge in [0.25, 0.3) is 0 Å². The summed E-state index contributed by atoms with van der Waals surface area (Å²) in [6, 6.07) is 14.9. The second kappa shape index (κ2) is 6.71. The van der Waals surface area contributed by atoms with Crippen LogP contribution in [-0.4, -0.2) is 47.6 Å². The van der Waals surface area contributed by atoms with Gasteiger partial charge < -0.3 is 9.47 Å². The number of benzene rings is 2. The molecular formula is C24H28FN3. The molecule has 2 aromatic carbocycles. The van der Waals surface area contributed by atoms with Crippen LogP contribution >= 0.6 is 0 Å². The first-order valence-corrected chi connectivity index (χ1v) is 10.3. The SMILES string of the molecule is CN(C)[C@H]1CN(C2CCc3ccc(F)cc32)C[C@@H]1c1cn(C)c2ccccc12. The van der Waals surface area contributed by atoms with E-state index in [2.05, 4.69) is 66.0 Å². The van der Waals surface area contributed by atoms with Crippen LogP contribution in [-0.2, 0) is 13.5 Å². The smallest absolute Gasteiger partial charge is 0.123 e. The summed E-state index contributed by atoms with van der Waals surface area (Å²) in [5, 5.41) is 1.36. The third kappa shape index (κ3) is 2.78. The summed E-state index contributed by atoms with van der Waals surface area (Å²) in [7, 11) is 6.52. The first kappa shape index (κ1) is 17.9. The fourth-order valence-electron chi connectivity index (χ4n) is 5.50. The highest BCUT2D eigenvalue weighted by molar-refractivity contribution is 5.84. The Hall–Kier alpha value is -2.17. The molecule has 1 aliphatic carbocycles. The van der Waals surface area contributed by atoms with E-state index in [0.717, 1.165) is 25.9 Å². The maximum atomic E-state index is 13.9. The number of hydrogen-bond donors (Lipinski definition) is 0. The molecule has 2 aliphatic rings. The van der Waals surface area contributed by atoms with E-state index < -0.39 is 0 Å². The van der Waals surface area contributed by atoms with E-state index >= 15 is 0 Å². The quantitative estimate of drug-likeness (QED) is 0.673. The average Bonchev–Trinajstić information content (AvgIpc) is 3.37. The molecule has 0 spiro atoms. The molecule has 1 fully saturated rings. The van der Waals surface area contributed by atoms with Crippen molar-refractivity contribution in [3.8, 4) is 0 Å². The summed E-state index contributed by atoms with van der Waals surface area (Å²) in [5.41, 5.74) is 5.26. The lowest BCUT2D eigenvalue weighted by Crippen LogP contribution is -2.35. The van der Waals surface area contributed by atoms with Crippen LogP contribution in [0, 0.1) is 5.82 Å². The maximum absolute atomic E-state index is 13.9. The van der Waals surface area contributed by atoms with Gasteiger partial charge in [0.2, 0.25) is 0 Å². The summed E-state index contributed by atoms with van der Waals surface area (Å²) >= 11 is 0. The number of rotatable bonds is 3. The van der Waals surface area contributed by atoms with E-state index in [0.29, 0.717) is 18.0 Å². The third-order valence-corrected chi connectivity index (χ3v) is 6.90. The molecule has 0 amide bonds. The molecule has 1 saturated heterocycles. The van der Waals surface area contributed by atoms with Gasteiger partial charge in [0.15, 0.2) is 0 Å². The number of likely N-dealkylation sites (tertiary alicyclic amines) is 1. The fourth-order valence-corrected chi connectivity index (χ4v) is 5.50. The molecule has 3 aromatic rings. The molecule has 1 aliphatic heterocycles. The van der Waals surface area contributed by atoms with E-state index in [-0.39, 0.29) is 5.82 Å². The van der Waals surface area contributed by atoms with Gasteiger partial charge in [-0.2, -0.15) is 0 Å². The van der Waals surface area contributed by atoms with Gasteiger partial charge in [-0.05, 0) is 61.8 Å². The van der Waals surface area contributed by atoms with E-state index in [4.69, 9.17) is 0 Å². The highest BCUT2D eigenvalue weighted by atomic mass is 19.1. The Morgan fingerprint density at radius 2 is 1.86 bits per heavy atom. The molecule has 1 aromatic heterocycles. The lowest BCUT2D eigenvalue weighted by molar-refractivity contribution is 0.216. The summed E-state index contributed by atoms with van der Waals surface area (Å²) in [6.07, 6.45) is 4.47. The highest BCUT2D eigenvalue weighted by Crippen LogP contribution is 2.43. The van der Waals surface area contributed by atoms with Crippen molar-refractivity contribution in [1.82, 2.24) is 14.4 Å². The van der Waals surface area contributed by atoms with Crippen LogP contribution in [0.3, 0.4) is 0 Å². The van der Waals surface area contributed by atoms with Crippen LogP contribution in [0.4, 0.5) is 4.39 Å². The minimum absolute atomic E-state index is 0.111. The zero-order valence-corrected chi connectivity index (χ0v) is 16.9. The van der Waals surface area contributed by atoms with Crippen LogP contribution < -0.4 is 0 Å². The van der Waals surface area contributed by atoms with E-state index in [1.165, 1.54) is 27.6 Å². The molecule has 3 atom stereocenters. The normalized spacial score (nSPS) is 25.1. The molecule has 0 bridgehead atoms. The van der Waals surface area contributed by atoms with Crippen molar-refractivity contribution in [1.29, 1.82) is 0 Å². The second-order valence-corrected chi connectivity index (χ2v) is 8.70. The topological polar surface area (TPSA) is 11.4 Å². The minimum Gasteiger partial charge on any atom is -0.350 e. The Labute approximate surface area is 166 Å². The summed E-state index contributed by atoms with van der Waals surface area (Å²) in [6.45, 7) is 2.05. The zero-order chi connectivity index (χ0) is 19.4. The number of halogens is 1.